The number of benzene rings is 1. The summed E-state index contributed by atoms with van der Waals surface area (Å²) in [5, 5.41) is 14.1. The summed E-state index contributed by atoms with van der Waals surface area (Å²) in [6.45, 7) is 1.38. The van der Waals surface area contributed by atoms with E-state index < -0.39 is 24.5 Å². The van der Waals surface area contributed by atoms with E-state index in [4.69, 9.17) is 5.11 Å². The highest BCUT2D eigenvalue weighted by Crippen LogP contribution is 2.10. The molecule has 1 rings (SSSR count). The van der Waals surface area contributed by atoms with Crippen molar-refractivity contribution < 1.29 is 24.2 Å². The zero-order valence-electron chi connectivity index (χ0n) is 13.0. The lowest BCUT2D eigenvalue weighted by Crippen LogP contribution is -2.44. The summed E-state index contributed by atoms with van der Waals surface area (Å²) in [6.07, 6.45) is 0. The quantitative estimate of drug-likeness (QED) is 0.589. The summed E-state index contributed by atoms with van der Waals surface area (Å²) in [5.74, 6) is -1.30. The molecule has 0 fully saturated rings. The molecule has 0 spiro atoms. The number of thioether (sulfide) groups is 1. The van der Waals surface area contributed by atoms with Crippen LogP contribution in [0.3, 0.4) is 0 Å². The van der Waals surface area contributed by atoms with Gasteiger partial charge >= 0.3 is 5.97 Å². The lowest BCUT2D eigenvalue weighted by molar-refractivity contribution is -0.145. The van der Waals surface area contributed by atoms with Gasteiger partial charge in [-0.15, -0.1) is 11.8 Å². The number of carbonyl (C=O) groups excluding carboxylic acids is 3. The Hall–Kier alpha value is -2.06. The molecular weight excluding hydrogens is 320 g/mol. The SMILES string of the molecule is COC(=O)[C@@H](CO)NC(=O)CSCC(=O)Nc1cccc(C)c1. The smallest absolute Gasteiger partial charge is 0.330 e. The lowest BCUT2D eigenvalue weighted by Gasteiger charge is -2.13. The zero-order valence-corrected chi connectivity index (χ0v) is 13.8. The molecule has 8 heteroatoms. The molecule has 0 aliphatic heterocycles. The van der Waals surface area contributed by atoms with Crippen LogP contribution in [0.4, 0.5) is 5.69 Å². The number of aliphatic hydroxyl groups excluding tert-OH is 1. The van der Waals surface area contributed by atoms with E-state index >= 15 is 0 Å². The Morgan fingerprint density at radius 2 is 1.96 bits per heavy atom. The molecule has 0 saturated carbocycles. The Morgan fingerprint density at radius 3 is 2.57 bits per heavy atom. The van der Waals surface area contributed by atoms with E-state index in [2.05, 4.69) is 15.4 Å². The Kier molecular flexibility index (Phi) is 8.14. The molecule has 0 radical (unpaired) electrons. The van der Waals surface area contributed by atoms with Gasteiger partial charge in [-0.2, -0.15) is 0 Å². The van der Waals surface area contributed by atoms with Crippen molar-refractivity contribution in [3.8, 4) is 0 Å². The Labute approximate surface area is 138 Å². The first-order chi connectivity index (χ1) is 11.0. The number of hydrogen-bond donors (Lipinski definition) is 3. The summed E-state index contributed by atoms with van der Waals surface area (Å²) >= 11 is 1.11. The molecule has 0 unspecified atom stereocenters. The minimum absolute atomic E-state index is 0.00523. The van der Waals surface area contributed by atoms with Gasteiger partial charge in [0.15, 0.2) is 6.04 Å². The van der Waals surface area contributed by atoms with E-state index in [1.807, 2.05) is 25.1 Å². The number of hydrogen-bond acceptors (Lipinski definition) is 6. The van der Waals surface area contributed by atoms with Gasteiger partial charge in [0, 0.05) is 5.69 Å². The summed E-state index contributed by atoms with van der Waals surface area (Å²) in [4.78, 5) is 34.6. The van der Waals surface area contributed by atoms with Gasteiger partial charge in [-0.1, -0.05) is 12.1 Å². The number of aryl methyl sites for hydroxylation is 1. The highest BCUT2D eigenvalue weighted by molar-refractivity contribution is 8.00. The lowest BCUT2D eigenvalue weighted by atomic mass is 10.2. The predicted molar refractivity (Wildman–Crippen MR) is 88.2 cm³/mol. The van der Waals surface area contributed by atoms with Gasteiger partial charge in [0.05, 0.1) is 25.2 Å². The molecule has 7 nitrogen and oxygen atoms in total. The average Bonchev–Trinajstić information content (AvgIpc) is 2.51. The van der Waals surface area contributed by atoms with Crippen molar-refractivity contribution in [2.75, 3.05) is 30.5 Å². The molecule has 3 N–H and O–H groups in total. The second-order valence-electron chi connectivity index (χ2n) is 4.74. The number of amides is 2. The molecule has 1 atom stereocenters. The fourth-order valence-corrected chi connectivity index (χ4v) is 2.34. The third-order valence-corrected chi connectivity index (χ3v) is 3.70. The van der Waals surface area contributed by atoms with Crippen LogP contribution in [0.5, 0.6) is 0 Å². The molecule has 0 aromatic heterocycles. The molecule has 2 amide bonds. The maximum absolute atomic E-state index is 11.8. The van der Waals surface area contributed by atoms with E-state index in [1.54, 1.807) is 6.07 Å². The fraction of sp³-hybridized carbons (Fsp3) is 0.400. The Morgan fingerprint density at radius 1 is 1.26 bits per heavy atom. The minimum Gasteiger partial charge on any atom is -0.467 e. The van der Waals surface area contributed by atoms with Gasteiger partial charge in [0.25, 0.3) is 0 Å². The molecule has 126 valence electrons. The molecule has 0 aliphatic rings. The fourth-order valence-electron chi connectivity index (χ4n) is 1.71. The number of methoxy groups -OCH3 is 1. The van der Waals surface area contributed by atoms with E-state index in [-0.39, 0.29) is 17.4 Å². The van der Waals surface area contributed by atoms with E-state index in [1.165, 1.54) is 7.11 Å². The van der Waals surface area contributed by atoms with Crippen molar-refractivity contribution in [3.05, 3.63) is 29.8 Å². The highest BCUT2D eigenvalue weighted by Gasteiger charge is 2.20. The van der Waals surface area contributed by atoms with Crippen LogP contribution in [0.25, 0.3) is 0 Å². The van der Waals surface area contributed by atoms with Crippen LogP contribution in [0.1, 0.15) is 5.56 Å². The van der Waals surface area contributed by atoms with Gasteiger partial charge in [-0.3, -0.25) is 9.59 Å². The standard InChI is InChI=1S/C15H20N2O5S/c1-10-4-3-5-11(6-10)16-13(19)8-23-9-14(20)17-12(7-18)15(21)22-2/h3-6,12,18H,7-9H2,1-2H3,(H,16,19)(H,17,20)/t12-/m1/s1. The molecule has 1 aromatic rings. The van der Waals surface area contributed by atoms with Crippen LogP contribution in [0.15, 0.2) is 24.3 Å². The Balaban J connectivity index is 2.31. The van der Waals surface area contributed by atoms with E-state index in [0.717, 1.165) is 17.3 Å². The number of carbonyl (C=O) groups is 3. The van der Waals surface area contributed by atoms with Crippen LogP contribution < -0.4 is 10.6 Å². The van der Waals surface area contributed by atoms with Crippen molar-refractivity contribution in [1.82, 2.24) is 5.32 Å². The number of esters is 1. The number of ether oxygens (including phenoxy) is 1. The second kappa shape index (κ2) is 9.86. The summed E-state index contributed by atoms with van der Waals surface area (Å²) in [6, 6.07) is 6.30. The van der Waals surface area contributed by atoms with E-state index in [0.29, 0.717) is 5.69 Å². The van der Waals surface area contributed by atoms with Crippen molar-refractivity contribution in [3.63, 3.8) is 0 Å². The largest absolute Gasteiger partial charge is 0.467 e. The van der Waals surface area contributed by atoms with Crippen LogP contribution >= 0.6 is 11.8 Å². The molecule has 0 saturated heterocycles. The first-order valence-electron chi connectivity index (χ1n) is 6.88. The summed E-state index contributed by atoms with van der Waals surface area (Å²) in [7, 11) is 1.17. The molecule has 1 aromatic carbocycles. The topological polar surface area (TPSA) is 105 Å². The number of anilines is 1. The number of aliphatic hydroxyl groups is 1. The second-order valence-corrected chi connectivity index (χ2v) is 5.72. The minimum atomic E-state index is -1.09. The van der Waals surface area contributed by atoms with Crippen molar-refractivity contribution in [1.29, 1.82) is 0 Å². The normalized spacial score (nSPS) is 11.4. The van der Waals surface area contributed by atoms with Gasteiger partial charge < -0.3 is 20.5 Å². The zero-order chi connectivity index (χ0) is 17.2. The molecule has 0 heterocycles. The average molecular weight is 340 g/mol. The summed E-state index contributed by atoms with van der Waals surface area (Å²) in [5.41, 5.74) is 1.73. The third-order valence-electron chi connectivity index (χ3n) is 2.77. The van der Waals surface area contributed by atoms with Crippen LogP contribution in [0.2, 0.25) is 0 Å². The van der Waals surface area contributed by atoms with Gasteiger partial charge in [0.1, 0.15) is 0 Å². The maximum Gasteiger partial charge on any atom is 0.330 e. The maximum atomic E-state index is 11.8. The monoisotopic (exact) mass is 340 g/mol. The molecule has 23 heavy (non-hydrogen) atoms. The van der Waals surface area contributed by atoms with Crippen LogP contribution in [0, 0.1) is 6.92 Å². The first-order valence-corrected chi connectivity index (χ1v) is 8.04. The van der Waals surface area contributed by atoms with Crippen LogP contribution in [-0.4, -0.2) is 54.2 Å². The van der Waals surface area contributed by atoms with Crippen molar-refractivity contribution in [2.24, 2.45) is 0 Å². The van der Waals surface area contributed by atoms with Crippen molar-refractivity contribution in [2.45, 2.75) is 13.0 Å². The number of nitrogens with one attached hydrogen (secondary N) is 2. The first kappa shape index (κ1) is 19.0. The molecule has 0 aliphatic carbocycles. The Bertz CT molecular complexity index is 565. The number of rotatable bonds is 8. The van der Waals surface area contributed by atoms with Gasteiger partial charge in [0.2, 0.25) is 11.8 Å². The van der Waals surface area contributed by atoms with Crippen LogP contribution in [-0.2, 0) is 19.1 Å². The van der Waals surface area contributed by atoms with E-state index in [9.17, 15) is 14.4 Å². The van der Waals surface area contributed by atoms with Gasteiger partial charge in [-0.05, 0) is 24.6 Å². The highest BCUT2D eigenvalue weighted by atomic mass is 32.2. The van der Waals surface area contributed by atoms with Crippen molar-refractivity contribution >= 4 is 35.2 Å². The third kappa shape index (κ3) is 7.16. The van der Waals surface area contributed by atoms with Gasteiger partial charge in [-0.25, -0.2) is 4.79 Å². The predicted octanol–water partition coefficient (Wildman–Crippen LogP) is 0.317. The molecular formula is C15H20N2O5S. The molecule has 0 bridgehead atoms. The summed E-state index contributed by atoms with van der Waals surface area (Å²) < 4.78 is 4.44.